The Morgan fingerprint density at radius 1 is 1.04 bits per heavy atom. The van der Waals surface area contributed by atoms with Gasteiger partial charge in [-0.1, -0.05) is 6.07 Å². The Kier molecular flexibility index (Phi) is 3.79. The highest BCUT2D eigenvalue weighted by molar-refractivity contribution is 6.02. The second-order valence-corrected chi connectivity index (χ2v) is 7.52. The molecule has 2 fully saturated rings. The maximum atomic E-state index is 6.42. The van der Waals surface area contributed by atoms with E-state index in [1.165, 1.54) is 47.7 Å². The summed E-state index contributed by atoms with van der Waals surface area (Å²) in [5, 5.41) is 2.51. The maximum absolute atomic E-state index is 6.42. The second-order valence-electron chi connectivity index (χ2n) is 7.52. The van der Waals surface area contributed by atoms with Gasteiger partial charge in [-0.3, -0.25) is 4.98 Å². The van der Waals surface area contributed by atoms with Crippen LogP contribution in [0, 0.1) is 5.92 Å². The molecule has 132 valence electrons. The van der Waals surface area contributed by atoms with Crippen LogP contribution in [0.15, 0.2) is 24.5 Å². The van der Waals surface area contributed by atoms with E-state index in [4.69, 9.17) is 15.2 Å². The molecule has 0 unspecified atom stereocenters. The third-order valence-electron chi connectivity index (χ3n) is 6.13. The molecule has 0 spiro atoms. The van der Waals surface area contributed by atoms with Crippen LogP contribution in [0.1, 0.15) is 31.2 Å². The summed E-state index contributed by atoms with van der Waals surface area (Å²) in [6.45, 7) is 2.54. The Morgan fingerprint density at radius 2 is 1.84 bits per heavy atom. The first-order valence-corrected chi connectivity index (χ1v) is 9.46. The molecular weight excluding hydrogens is 314 g/mol. The highest BCUT2D eigenvalue weighted by Crippen LogP contribution is 2.42. The summed E-state index contributed by atoms with van der Waals surface area (Å²) < 4.78 is 11.4. The molecule has 5 heteroatoms. The smallest absolute Gasteiger partial charge is 0.160 e. The summed E-state index contributed by atoms with van der Waals surface area (Å²) in [4.78, 5) is 6.96. The first kappa shape index (κ1) is 15.4. The highest BCUT2D eigenvalue weighted by atomic mass is 16.7. The predicted octanol–water partition coefficient (Wildman–Crippen LogP) is 3.11. The molecule has 0 atom stereocenters. The van der Waals surface area contributed by atoms with Gasteiger partial charge in [-0.05, 0) is 43.7 Å². The number of nitrogens with zero attached hydrogens (tertiary/aromatic N) is 2. The van der Waals surface area contributed by atoms with Crippen molar-refractivity contribution in [3.8, 4) is 0 Å². The van der Waals surface area contributed by atoms with Crippen molar-refractivity contribution >= 4 is 22.1 Å². The molecule has 1 aromatic carbocycles. The van der Waals surface area contributed by atoms with E-state index in [0.717, 1.165) is 31.9 Å². The fourth-order valence-corrected chi connectivity index (χ4v) is 4.89. The summed E-state index contributed by atoms with van der Waals surface area (Å²) in [6, 6.07) is 4.69. The van der Waals surface area contributed by atoms with Crippen LogP contribution in [-0.4, -0.2) is 37.1 Å². The topological polar surface area (TPSA) is 60.6 Å². The van der Waals surface area contributed by atoms with Gasteiger partial charge in [0.15, 0.2) is 6.29 Å². The first-order chi connectivity index (χ1) is 12.3. The summed E-state index contributed by atoms with van der Waals surface area (Å²) >= 11 is 0. The minimum atomic E-state index is 0.0302. The van der Waals surface area contributed by atoms with E-state index < -0.39 is 0 Å². The Hall–Kier alpha value is -1.85. The number of aromatic nitrogens is 1. The third kappa shape index (κ3) is 2.57. The molecule has 1 aliphatic carbocycles. The van der Waals surface area contributed by atoms with Crippen molar-refractivity contribution < 1.29 is 9.47 Å². The van der Waals surface area contributed by atoms with Crippen LogP contribution >= 0.6 is 0 Å². The largest absolute Gasteiger partial charge is 0.397 e. The maximum Gasteiger partial charge on any atom is 0.160 e. The van der Waals surface area contributed by atoms with Gasteiger partial charge in [-0.15, -0.1) is 0 Å². The number of nitrogens with two attached hydrogens (primary N) is 1. The van der Waals surface area contributed by atoms with Gasteiger partial charge in [0, 0.05) is 41.7 Å². The number of rotatable bonds is 2. The molecule has 3 aliphatic rings. The summed E-state index contributed by atoms with van der Waals surface area (Å²) in [5.41, 5.74) is 9.88. The zero-order chi connectivity index (χ0) is 16.8. The van der Waals surface area contributed by atoms with E-state index in [-0.39, 0.29) is 6.29 Å². The van der Waals surface area contributed by atoms with E-state index in [2.05, 4.69) is 16.0 Å². The van der Waals surface area contributed by atoms with Crippen molar-refractivity contribution in [2.45, 2.75) is 44.4 Å². The molecule has 2 aliphatic heterocycles. The Balaban J connectivity index is 1.42. The molecule has 2 aromatic rings. The van der Waals surface area contributed by atoms with E-state index >= 15 is 0 Å². The zero-order valence-electron chi connectivity index (χ0n) is 14.5. The lowest BCUT2D eigenvalue weighted by Crippen LogP contribution is -2.43. The average Bonchev–Trinajstić information content (AvgIpc) is 3.19. The quantitative estimate of drug-likeness (QED) is 0.852. The van der Waals surface area contributed by atoms with E-state index in [1.54, 1.807) is 0 Å². The molecule has 1 saturated heterocycles. The van der Waals surface area contributed by atoms with Crippen LogP contribution in [0.25, 0.3) is 10.8 Å². The average molecular weight is 339 g/mol. The lowest BCUT2D eigenvalue weighted by molar-refractivity contribution is -0.0930. The summed E-state index contributed by atoms with van der Waals surface area (Å²) in [5.74, 6) is 0.549. The van der Waals surface area contributed by atoms with Crippen LogP contribution in [-0.2, 0) is 15.9 Å². The standard InChI is InChI=1S/C20H25N3O2/c21-17-6-3-14-11-22-12-15-7-8-23(19(17)18(14)15)16-4-1-13(2-5-16)20-24-9-10-25-20/h3,6,11-13,16,20H,1-2,4-5,7-10,21H2. The first-order valence-electron chi connectivity index (χ1n) is 9.46. The van der Waals surface area contributed by atoms with Crippen LogP contribution in [0.5, 0.6) is 0 Å². The van der Waals surface area contributed by atoms with Crippen molar-refractivity contribution in [2.75, 3.05) is 30.4 Å². The molecule has 2 N–H and O–H groups in total. The zero-order valence-corrected chi connectivity index (χ0v) is 14.5. The van der Waals surface area contributed by atoms with Crippen molar-refractivity contribution in [1.82, 2.24) is 4.98 Å². The van der Waals surface area contributed by atoms with Crippen molar-refractivity contribution in [2.24, 2.45) is 5.92 Å². The Bertz CT molecular complexity index is 780. The van der Waals surface area contributed by atoms with E-state index in [9.17, 15) is 0 Å². The summed E-state index contributed by atoms with van der Waals surface area (Å²) in [6.07, 6.45) is 9.76. The number of nitrogen functional groups attached to an aromatic ring is 1. The normalized spacial score (nSPS) is 27.1. The molecule has 0 bridgehead atoms. The molecule has 1 saturated carbocycles. The van der Waals surface area contributed by atoms with Gasteiger partial charge in [-0.2, -0.15) is 0 Å². The molecule has 25 heavy (non-hydrogen) atoms. The van der Waals surface area contributed by atoms with Gasteiger partial charge >= 0.3 is 0 Å². The fourth-order valence-electron chi connectivity index (χ4n) is 4.89. The molecular formula is C20H25N3O2. The van der Waals surface area contributed by atoms with Crippen molar-refractivity contribution in [3.63, 3.8) is 0 Å². The minimum Gasteiger partial charge on any atom is -0.397 e. The Labute approximate surface area is 148 Å². The van der Waals surface area contributed by atoms with E-state index in [1.807, 2.05) is 18.5 Å². The molecule has 5 nitrogen and oxygen atoms in total. The number of benzene rings is 1. The number of ether oxygens (including phenoxy) is 2. The number of pyridine rings is 1. The molecule has 0 radical (unpaired) electrons. The second kappa shape index (κ2) is 6.15. The molecule has 1 aromatic heterocycles. The third-order valence-corrected chi connectivity index (χ3v) is 6.13. The van der Waals surface area contributed by atoms with Gasteiger partial charge in [0.25, 0.3) is 0 Å². The van der Waals surface area contributed by atoms with Gasteiger partial charge < -0.3 is 20.1 Å². The molecule has 0 amide bonds. The fraction of sp³-hybridized carbons (Fsp3) is 0.550. The molecule has 3 heterocycles. The number of hydrogen-bond donors (Lipinski definition) is 1. The SMILES string of the molecule is Nc1ccc2cncc3c2c1N(C1CCC(C2OCCO2)CC1)CC3. The van der Waals surface area contributed by atoms with Crippen molar-refractivity contribution in [3.05, 3.63) is 30.1 Å². The monoisotopic (exact) mass is 339 g/mol. The number of hydrogen-bond acceptors (Lipinski definition) is 5. The minimum absolute atomic E-state index is 0.0302. The van der Waals surface area contributed by atoms with Crippen LogP contribution in [0.4, 0.5) is 11.4 Å². The molecule has 5 rings (SSSR count). The number of anilines is 2. The van der Waals surface area contributed by atoms with Crippen LogP contribution in [0.3, 0.4) is 0 Å². The summed E-state index contributed by atoms with van der Waals surface area (Å²) in [7, 11) is 0. The van der Waals surface area contributed by atoms with Gasteiger partial charge in [-0.25, -0.2) is 0 Å². The van der Waals surface area contributed by atoms with Crippen LogP contribution in [0.2, 0.25) is 0 Å². The Morgan fingerprint density at radius 3 is 2.64 bits per heavy atom. The van der Waals surface area contributed by atoms with Gasteiger partial charge in [0.05, 0.1) is 24.6 Å². The lowest BCUT2D eigenvalue weighted by atomic mass is 9.83. The van der Waals surface area contributed by atoms with Crippen molar-refractivity contribution in [1.29, 1.82) is 0 Å². The lowest BCUT2D eigenvalue weighted by Gasteiger charge is -2.42. The van der Waals surface area contributed by atoms with Crippen LogP contribution < -0.4 is 10.6 Å². The van der Waals surface area contributed by atoms with Gasteiger partial charge in [0.1, 0.15) is 0 Å². The van der Waals surface area contributed by atoms with Gasteiger partial charge in [0.2, 0.25) is 0 Å². The van der Waals surface area contributed by atoms with E-state index in [0.29, 0.717) is 12.0 Å². The predicted molar refractivity (Wildman–Crippen MR) is 98.6 cm³/mol. The highest BCUT2D eigenvalue weighted by Gasteiger charge is 2.35.